The van der Waals surface area contributed by atoms with Crippen LogP contribution in [0.3, 0.4) is 0 Å². The third kappa shape index (κ3) is 4.88. The number of sulfonamides is 1. The molecule has 3 nitrogen and oxygen atoms in total. The van der Waals surface area contributed by atoms with Crippen LogP contribution in [0.15, 0.2) is 47.4 Å². The summed E-state index contributed by atoms with van der Waals surface area (Å²) in [5, 5.41) is 0. The fraction of sp³-hybridized carbons (Fsp3) is 0.143. The highest BCUT2D eigenvalue weighted by Crippen LogP contribution is 2.30. The fourth-order valence-corrected chi connectivity index (χ4v) is 3.17. The van der Waals surface area contributed by atoms with Crippen LogP contribution in [-0.4, -0.2) is 8.42 Å². The summed E-state index contributed by atoms with van der Waals surface area (Å²) in [6.07, 6.45) is -4.70. The molecule has 1 N–H and O–H groups in total. The quantitative estimate of drug-likeness (QED) is 0.557. The number of hydrogen-bond acceptors (Lipinski definition) is 2. The molecule has 0 heterocycles. The van der Waals surface area contributed by atoms with E-state index in [4.69, 9.17) is 0 Å². The van der Waals surface area contributed by atoms with Crippen LogP contribution >= 0.6 is 22.6 Å². The number of halogens is 5. The van der Waals surface area contributed by atoms with E-state index < -0.39 is 34.1 Å². The van der Waals surface area contributed by atoms with E-state index in [1.165, 1.54) is 12.1 Å². The van der Waals surface area contributed by atoms with E-state index in [9.17, 15) is 26.0 Å². The Labute approximate surface area is 143 Å². The smallest absolute Gasteiger partial charge is 0.207 e. The first-order valence-electron chi connectivity index (χ1n) is 6.20. The molecule has 0 saturated heterocycles. The summed E-state index contributed by atoms with van der Waals surface area (Å²) in [7, 11) is -3.89. The largest absolute Gasteiger partial charge is 0.416 e. The van der Waals surface area contributed by atoms with E-state index in [1.54, 1.807) is 12.1 Å². The second-order valence-corrected chi connectivity index (χ2v) is 7.64. The minimum Gasteiger partial charge on any atom is -0.207 e. The zero-order chi connectivity index (χ0) is 17.3. The third-order valence-electron chi connectivity index (χ3n) is 2.88. The van der Waals surface area contributed by atoms with Gasteiger partial charge in [0.2, 0.25) is 10.0 Å². The highest BCUT2D eigenvalue weighted by atomic mass is 127. The normalized spacial score (nSPS) is 12.4. The standard InChI is InChI=1S/C14H10F4INO2S/c15-11-6-9(5-10(7-11)14(16,17)18)8-20-23(21,22)13-3-1-12(19)2-4-13/h1-7,20H,8H2. The summed E-state index contributed by atoms with van der Waals surface area (Å²) in [5.41, 5.74) is -1.28. The molecule has 0 bridgehead atoms. The van der Waals surface area contributed by atoms with E-state index in [1.807, 2.05) is 22.6 Å². The van der Waals surface area contributed by atoms with Gasteiger partial charge < -0.3 is 0 Å². The van der Waals surface area contributed by atoms with Crippen molar-refractivity contribution in [2.75, 3.05) is 0 Å². The zero-order valence-electron chi connectivity index (χ0n) is 11.4. The Morgan fingerprint density at radius 3 is 2.22 bits per heavy atom. The van der Waals surface area contributed by atoms with Gasteiger partial charge in [-0.2, -0.15) is 13.2 Å². The lowest BCUT2D eigenvalue weighted by atomic mass is 10.1. The van der Waals surface area contributed by atoms with Gasteiger partial charge in [0.25, 0.3) is 0 Å². The van der Waals surface area contributed by atoms with Gasteiger partial charge in [-0.25, -0.2) is 17.5 Å². The number of nitrogens with one attached hydrogen (secondary N) is 1. The average Bonchev–Trinajstić information content (AvgIpc) is 2.44. The monoisotopic (exact) mass is 459 g/mol. The summed E-state index contributed by atoms with van der Waals surface area (Å²) in [4.78, 5) is -0.0228. The zero-order valence-corrected chi connectivity index (χ0v) is 14.3. The lowest BCUT2D eigenvalue weighted by Gasteiger charge is -2.11. The summed E-state index contributed by atoms with van der Waals surface area (Å²) in [5.74, 6) is -1.08. The van der Waals surface area contributed by atoms with Crippen LogP contribution in [0.2, 0.25) is 0 Å². The molecule has 2 rings (SSSR count). The molecule has 124 valence electrons. The van der Waals surface area contributed by atoms with Crippen LogP contribution in [-0.2, 0) is 22.7 Å². The maximum atomic E-state index is 13.3. The van der Waals surface area contributed by atoms with Gasteiger partial charge >= 0.3 is 6.18 Å². The van der Waals surface area contributed by atoms with E-state index in [2.05, 4.69) is 4.72 Å². The summed E-state index contributed by atoms with van der Waals surface area (Å²) in [6.45, 7) is -0.449. The number of hydrogen-bond donors (Lipinski definition) is 1. The first kappa shape index (κ1) is 18.1. The van der Waals surface area contributed by atoms with Gasteiger partial charge in [-0.15, -0.1) is 0 Å². The van der Waals surface area contributed by atoms with Gasteiger partial charge in [-0.3, -0.25) is 0 Å². The first-order chi connectivity index (χ1) is 10.6. The first-order valence-corrected chi connectivity index (χ1v) is 8.76. The van der Waals surface area contributed by atoms with Crippen molar-refractivity contribution in [3.05, 3.63) is 63.0 Å². The van der Waals surface area contributed by atoms with Crippen LogP contribution in [0.4, 0.5) is 17.6 Å². The third-order valence-corrected chi connectivity index (χ3v) is 5.01. The van der Waals surface area contributed by atoms with Crippen LogP contribution in [0, 0.1) is 9.39 Å². The average molecular weight is 459 g/mol. The van der Waals surface area contributed by atoms with Crippen LogP contribution in [0.25, 0.3) is 0 Å². The Morgan fingerprint density at radius 2 is 1.65 bits per heavy atom. The van der Waals surface area contributed by atoms with Crippen molar-refractivity contribution in [3.63, 3.8) is 0 Å². The van der Waals surface area contributed by atoms with E-state index in [0.29, 0.717) is 12.1 Å². The van der Waals surface area contributed by atoms with Crippen molar-refractivity contribution in [1.82, 2.24) is 4.72 Å². The Hall–Kier alpha value is -1.20. The van der Waals surface area contributed by atoms with Crippen molar-refractivity contribution in [3.8, 4) is 0 Å². The molecule has 9 heteroatoms. The van der Waals surface area contributed by atoms with Crippen molar-refractivity contribution in [1.29, 1.82) is 0 Å². The Kier molecular flexibility index (Phi) is 5.31. The molecule has 0 aromatic heterocycles. The second kappa shape index (κ2) is 6.73. The van der Waals surface area contributed by atoms with Gasteiger partial charge in [-0.05, 0) is 70.6 Å². The van der Waals surface area contributed by atoms with Gasteiger partial charge in [0.05, 0.1) is 10.5 Å². The van der Waals surface area contributed by atoms with Gasteiger partial charge in [0.1, 0.15) is 5.82 Å². The van der Waals surface area contributed by atoms with Crippen molar-refractivity contribution in [2.45, 2.75) is 17.6 Å². The molecule has 0 atom stereocenters. The van der Waals surface area contributed by atoms with Gasteiger partial charge in [0.15, 0.2) is 0 Å². The topological polar surface area (TPSA) is 46.2 Å². The molecule has 0 aliphatic carbocycles. The lowest BCUT2D eigenvalue weighted by molar-refractivity contribution is -0.137. The predicted octanol–water partition coefficient (Wildman–Crippen LogP) is 3.93. The number of benzene rings is 2. The maximum Gasteiger partial charge on any atom is 0.416 e. The van der Waals surface area contributed by atoms with Crippen LogP contribution in [0.1, 0.15) is 11.1 Å². The lowest BCUT2D eigenvalue weighted by Crippen LogP contribution is -2.23. The predicted molar refractivity (Wildman–Crippen MR) is 84.6 cm³/mol. The summed E-state index contributed by atoms with van der Waals surface area (Å²) < 4.78 is 78.2. The highest BCUT2D eigenvalue weighted by Gasteiger charge is 2.31. The molecule has 0 amide bonds. The molecule has 23 heavy (non-hydrogen) atoms. The fourth-order valence-electron chi connectivity index (χ4n) is 1.79. The Balaban J connectivity index is 2.20. The van der Waals surface area contributed by atoms with Gasteiger partial charge in [-0.1, -0.05) is 0 Å². The maximum absolute atomic E-state index is 13.3. The molecule has 0 fully saturated rings. The molecular weight excluding hydrogens is 449 g/mol. The minimum atomic E-state index is -4.70. The number of rotatable bonds is 4. The molecule has 0 aliphatic rings. The van der Waals surface area contributed by atoms with Crippen LogP contribution in [0.5, 0.6) is 0 Å². The van der Waals surface area contributed by atoms with Crippen LogP contribution < -0.4 is 4.72 Å². The molecule has 0 aliphatic heterocycles. The minimum absolute atomic E-state index is 0.0228. The highest BCUT2D eigenvalue weighted by molar-refractivity contribution is 14.1. The molecule has 0 spiro atoms. The Morgan fingerprint density at radius 1 is 1.04 bits per heavy atom. The summed E-state index contributed by atoms with van der Waals surface area (Å²) in [6, 6.07) is 7.83. The molecule has 2 aromatic carbocycles. The van der Waals surface area contributed by atoms with E-state index in [-0.39, 0.29) is 10.5 Å². The van der Waals surface area contributed by atoms with Crippen molar-refractivity contribution >= 4 is 32.6 Å². The molecule has 2 aromatic rings. The number of alkyl halides is 3. The van der Waals surface area contributed by atoms with E-state index in [0.717, 1.165) is 9.64 Å². The molecule has 0 radical (unpaired) electrons. The van der Waals surface area contributed by atoms with Gasteiger partial charge in [0, 0.05) is 10.1 Å². The second-order valence-electron chi connectivity index (χ2n) is 4.62. The molecule has 0 saturated carbocycles. The molecule has 0 unspecified atom stereocenters. The van der Waals surface area contributed by atoms with E-state index >= 15 is 0 Å². The molecular formula is C14H10F4INO2S. The van der Waals surface area contributed by atoms with Crippen molar-refractivity contribution < 1.29 is 26.0 Å². The Bertz CT molecular complexity index is 805. The summed E-state index contributed by atoms with van der Waals surface area (Å²) >= 11 is 2.01. The van der Waals surface area contributed by atoms with Crippen molar-refractivity contribution in [2.24, 2.45) is 0 Å². The SMILES string of the molecule is O=S(=O)(NCc1cc(F)cc(C(F)(F)F)c1)c1ccc(I)cc1.